The van der Waals surface area contributed by atoms with Crippen molar-refractivity contribution in [2.45, 2.75) is 20.8 Å². The number of rotatable bonds is 5. The number of carbonyl (C=O) groups is 2. The summed E-state index contributed by atoms with van der Waals surface area (Å²) in [4.78, 5) is 24.7. The number of benzene rings is 1. The van der Waals surface area contributed by atoms with Gasteiger partial charge in [-0.25, -0.2) is 0 Å². The summed E-state index contributed by atoms with van der Waals surface area (Å²) >= 11 is 5.92. The van der Waals surface area contributed by atoms with Crippen molar-refractivity contribution in [2.24, 2.45) is 5.92 Å². The molecule has 0 heterocycles. The molecule has 0 radical (unpaired) electrons. The number of aliphatic carboxylic acids is 1. The summed E-state index contributed by atoms with van der Waals surface area (Å²) in [5.41, 5.74) is 1.36. The Morgan fingerprint density at radius 2 is 2.05 bits per heavy atom. The number of hydrogen-bond acceptors (Lipinski definition) is 2. The summed E-state index contributed by atoms with van der Waals surface area (Å²) in [6, 6.07) is 5.06. The van der Waals surface area contributed by atoms with Crippen molar-refractivity contribution in [3.05, 3.63) is 34.3 Å². The van der Waals surface area contributed by atoms with E-state index in [1.807, 2.05) is 13.8 Å². The van der Waals surface area contributed by atoms with E-state index in [0.29, 0.717) is 17.1 Å². The smallest absolute Gasteiger partial charge is 0.308 e. The molecule has 4 nitrogen and oxygen atoms in total. The first-order valence-corrected chi connectivity index (χ1v) is 6.52. The molecule has 5 heteroatoms. The molecule has 0 aliphatic rings. The van der Waals surface area contributed by atoms with Crippen molar-refractivity contribution in [1.29, 1.82) is 0 Å². The zero-order valence-electron chi connectivity index (χ0n) is 11.3. The molecular formula is C14H18ClNO3. The summed E-state index contributed by atoms with van der Waals surface area (Å²) < 4.78 is 0. The fourth-order valence-corrected chi connectivity index (χ4v) is 1.84. The minimum atomic E-state index is -0.904. The van der Waals surface area contributed by atoms with E-state index in [4.69, 9.17) is 16.7 Å². The van der Waals surface area contributed by atoms with Gasteiger partial charge in [0.2, 0.25) is 0 Å². The van der Waals surface area contributed by atoms with Gasteiger partial charge in [-0.1, -0.05) is 18.5 Å². The highest BCUT2D eigenvalue weighted by molar-refractivity contribution is 6.31. The second-order valence-corrected chi connectivity index (χ2v) is 4.95. The molecule has 1 atom stereocenters. The molecule has 0 fully saturated rings. The van der Waals surface area contributed by atoms with Crippen molar-refractivity contribution in [3.63, 3.8) is 0 Å². The van der Waals surface area contributed by atoms with Gasteiger partial charge in [0.15, 0.2) is 0 Å². The first-order chi connectivity index (χ1) is 8.86. The number of hydrogen-bond donors (Lipinski definition) is 1. The van der Waals surface area contributed by atoms with Gasteiger partial charge in [-0.2, -0.15) is 0 Å². The SMILES string of the molecule is CCN(CC(C)C(=O)O)C(=O)c1ccc(Cl)c(C)c1. The van der Waals surface area contributed by atoms with Crippen molar-refractivity contribution in [3.8, 4) is 0 Å². The predicted octanol–water partition coefficient (Wildman–Crippen LogP) is 2.83. The molecule has 0 spiro atoms. The third-order valence-corrected chi connectivity index (χ3v) is 3.41. The van der Waals surface area contributed by atoms with E-state index < -0.39 is 11.9 Å². The quantitative estimate of drug-likeness (QED) is 0.904. The number of carboxylic acid groups (broad SMARTS) is 1. The Kier molecular flexibility index (Phi) is 5.36. The zero-order valence-corrected chi connectivity index (χ0v) is 12.1. The number of aryl methyl sites for hydroxylation is 1. The molecule has 1 amide bonds. The molecule has 1 aromatic rings. The van der Waals surface area contributed by atoms with Gasteiger partial charge in [-0.05, 0) is 37.6 Å². The molecule has 0 saturated heterocycles. The second kappa shape index (κ2) is 6.57. The molecule has 104 valence electrons. The normalized spacial score (nSPS) is 12.0. The fraction of sp³-hybridized carbons (Fsp3) is 0.429. The lowest BCUT2D eigenvalue weighted by Crippen LogP contribution is -2.36. The van der Waals surface area contributed by atoms with E-state index >= 15 is 0 Å². The molecule has 1 aromatic carbocycles. The highest BCUT2D eigenvalue weighted by atomic mass is 35.5. The average Bonchev–Trinajstić information content (AvgIpc) is 2.37. The van der Waals surface area contributed by atoms with Crippen LogP contribution in [0, 0.1) is 12.8 Å². The van der Waals surface area contributed by atoms with Crippen LogP contribution in [0.2, 0.25) is 5.02 Å². The maximum Gasteiger partial charge on any atom is 0.308 e. The number of nitrogens with zero attached hydrogens (tertiary/aromatic N) is 1. The number of amides is 1. The van der Waals surface area contributed by atoms with E-state index in [9.17, 15) is 9.59 Å². The maximum atomic E-state index is 12.3. The van der Waals surface area contributed by atoms with E-state index in [0.717, 1.165) is 5.56 Å². The lowest BCUT2D eigenvalue weighted by molar-refractivity contribution is -0.141. The summed E-state index contributed by atoms with van der Waals surface area (Å²) in [6.45, 7) is 5.92. The Balaban J connectivity index is 2.89. The Bertz CT molecular complexity index is 488. The van der Waals surface area contributed by atoms with Gasteiger partial charge in [-0.3, -0.25) is 9.59 Å². The van der Waals surface area contributed by atoms with E-state index in [1.165, 1.54) is 4.90 Å². The molecular weight excluding hydrogens is 266 g/mol. The Morgan fingerprint density at radius 1 is 1.42 bits per heavy atom. The number of carboxylic acids is 1. The third-order valence-electron chi connectivity index (χ3n) is 2.99. The third kappa shape index (κ3) is 3.96. The van der Waals surface area contributed by atoms with Crippen LogP contribution in [0.25, 0.3) is 0 Å². The van der Waals surface area contributed by atoms with Crippen molar-refractivity contribution < 1.29 is 14.7 Å². The van der Waals surface area contributed by atoms with Crippen LogP contribution >= 0.6 is 11.6 Å². The molecule has 1 N–H and O–H groups in total. The Hall–Kier alpha value is -1.55. The maximum absolute atomic E-state index is 12.3. The number of halogens is 1. The molecule has 0 saturated carbocycles. The lowest BCUT2D eigenvalue weighted by atomic mass is 10.1. The lowest BCUT2D eigenvalue weighted by Gasteiger charge is -2.23. The highest BCUT2D eigenvalue weighted by Crippen LogP contribution is 2.18. The van der Waals surface area contributed by atoms with Crippen molar-refractivity contribution >= 4 is 23.5 Å². The largest absolute Gasteiger partial charge is 0.481 e. The fourth-order valence-electron chi connectivity index (χ4n) is 1.72. The van der Waals surface area contributed by atoms with E-state index in [-0.39, 0.29) is 12.5 Å². The van der Waals surface area contributed by atoms with Gasteiger partial charge >= 0.3 is 5.97 Å². The average molecular weight is 284 g/mol. The zero-order chi connectivity index (χ0) is 14.6. The van der Waals surface area contributed by atoms with E-state index in [2.05, 4.69) is 0 Å². The summed E-state index contributed by atoms with van der Waals surface area (Å²) in [7, 11) is 0. The van der Waals surface area contributed by atoms with Crippen LogP contribution in [0.4, 0.5) is 0 Å². The monoisotopic (exact) mass is 283 g/mol. The summed E-state index contributed by atoms with van der Waals surface area (Å²) in [5.74, 6) is -1.66. The van der Waals surface area contributed by atoms with Crippen LogP contribution in [-0.2, 0) is 4.79 Å². The van der Waals surface area contributed by atoms with Crippen LogP contribution in [0.1, 0.15) is 29.8 Å². The van der Waals surface area contributed by atoms with Gasteiger partial charge in [-0.15, -0.1) is 0 Å². The number of carbonyl (C=O) groups excluding carboxylic acids is 1. The van der Waals surface area contributed by atoms with Crippen LogP contribution in [0.3, 0.4) is 0 Å². The van der Waals surface area contributed by atoms with Crippen LogP contribution in [0.15, 0.2) is 18.2 Å². The topological polar surface area (TPSA) is 57.6 Å². The highest BCUT2D eigenvalue weighted by Gasteiger charge is 2.20. The van der Waals surface area contributed by atoms with Crippen LogP contribution < -0.4 is 0 Å². The van der Waals surface area contributed by atoms with Crippen molar-refractivity contribution in [2.75, 3.05) is 13.1 Å². The van der Waals surface area contributed by atoms with Crippen LogP contribution in [0.5, 0.6) is 0 Å². The summed E-state index contributed by atoms with van der Waals surface area (Å²) in [5, 5.41) is 9.51. The van der Waals surface area contributed by atoms with Gasteiger partial charge in [0, 0.05) is 23.7 Å². The van der Waals surface area contributed by atoms with E-state index in [1.54, 1.807) is 25.1 Å². The second-order valence-electron chi connectivity index (χ2n) is 4.55. The van der Waals surface area contributed by atoms with Gasteiger partial charge in [0.1, 0.15) is 0 Å². The van der Waals surface area contributed by atoms with Gasteiger partial charge in [0.05, 0.1) is 5.92 Å². The molecule has 19 heavy (non-hydrogen) atoms. The molecule has 0 aliphatic heterocycles. The molecule has 1 rings (SSSR count). The van der Waals surface area contributed by atoms with Gasteiger partial charge in [0.25, 0.3) is 5.91 Å². The Labute approximate surface area is 118 Å². The predicted molar refractivity (Wildman–Crippen MR) is 74.6 cm³/mol. The molecule has 0 bridgehead atoms. The Morgan fingerprint density at radius 3 is 2.53 bits per heavy atom. The summed E-state index contributed by atoms with van der Waals surface area (Å²) in [6.07, 6.45) is 0. The van der Waals surface area contributed by atoms with Gasteiger partial charge < -0.3 is 10.0 Å². The first-order valence-electron chi connectivity index (χ1n) is 6.15. The molecule has 0 aromatic heterocycles. The van der Waals surface area contributed by atoms with Crippen molar-refractivity contribution in [1.82, 2.24) is 4.90 Å². The first kappa shape index (κ1) is 15.5. The minimum absolute atomic E-state index is 0.171. The van der Waals surface area contributed by atoms with Crippen LogP contribution in [-0.4, -0.2) is 35.0 Å². The minimum Gasteiger partial charge on any atom is -0.481 e. The molecule has 1 unspecified atom stereocenters. The standard InChI is InChI=1S/C14H18ClNO3/c1-4-16(8-10(3)14(18)19)13(17)11-5-6-12(15)9(2)7-11/h5-7,10H,4,8H2,1-3H3,(H,18,19). The molecule has 0 aliphatic carbocycles.